The third-order valence-corrected chi connectivity index (χ3v) is 4.95. The molecule has 1 atom stereocenters. The van der Waals surface area contributed by atoms with Crippen molar-refractivity contribution in [2.45, 2.75) is 19.3 Å². The highest BCUT2D eigenvalue weighted by atomic mass is 35.5. The maximum absolute atomic E-state index is 12.5. The van der Waals surface area contributed by atoms with Gasteiger partial charge in [-0.25, -0.2) is 4.98 Å². The Morgan fingerprint density at radius 1 is 1.35 bits per heavy atom. The number of hydrogen-bond acceptors (Lipinski definition) is 4. The number of oxazole rings is 1. The fourth-order valence-corrected chi connectivity index (χ4v) is 3.53. The molecule has 1 aromatic heterocycles. The lowest BCUT2D eigenvalue weighted by molar-refractivity contribution is -0.118. The van der Waals surface area contributed by atoms with Crippen molar-refractivity contribution in [2.75, 3.05) is 18.4 Å². The molecule has 2 N–H and O–H groups in total. The summed E-state index contributed by atoms with van der Waals surface area (Å²) < 4.78 is 5.30. The molecular weight excluding hydrogens is 314 g/mol. The van der Waals surface area contributed by atoms with E-state index in [0.717, 1.165) is 43.6 Å². The molecule has 1 saturated carbocycles. The molecule has 1 unspecified atom stereocenters. The van der Waals surface area contributed by atoms with Gasteiger partial charge in [0, 0.05) is 17.2 Å². The van der Waals surface area contributed by atoms with E-state index in [1.54, 1.807) is 6.20 Å². The Balaban J connectivity index is 0.00000156. The van der Waals surface area contributed by atoms with Gasteiger partial charge >= 0.3 is 0 Å². The number of aromatic nitrogens is 1. The number of nitrogens with one attached hydrogen (secondary N) is 2. The lowest BCUT2D eigenvalue weighted by Crippen LogP contribution is -2.31. The van der Waals surface area contributed by atoms with Gasteiger partial charge in [-0.15, -0.1) is 12.4 Å². The van der Waals surface area contributed by atoms with Crippen LogP contribution in [0.3, 0.4) is 0 Å². The Kier molecular flexibility index (Phi) is 4.41. The lowest BCUT2D eigenvalue weighted by atomic mass is 9.92. The maximum atomic E-state index is 12.5. The highest BCUT2D eigenvalue weighted by Gasteiger charge is 2.57. The van der Waals surface area contributed by atoms with E-state index in [1.807, 2.05) is 24.3 Å². The molecule has 1 aliphatic heterocycles. The summed E-state index contributed by atoms with van der Waals surface area (Å²) in [5.41, 5.74) is 2.00. The van der Waals surface area contributed by atoms with Crippen LogP contribution in [0.15, 0.2) is 41.3 Å². The molecule has 23 heavy (non-hydrogen) atoms. The van der Waals surface area contributed by atoms with E-state index in [9.17, 15) is 4.79 Å². The molecule has 2 fully saturated rings. The summed E-state index contributed by atoms with van der Waals surface area (Å²) >= 11 is 0. The van der Waals surface area contributed by atoms with Crippen LogP contribution in [0.5, 0.6) is 0 Å². The molecule has 2 aliphatic rings. The van der Waals surface area contributed by atoms with Gasteiger partial charge in [0.1, 0.15) is 0 Å². The van der Waals surface area contributed by atoms with Crippen molar-refractivity contribution >= 4 is 24.0 Å². The summed E-state index contributed by atoms with van der Waals surface area (Å²) in [7, 11) is 0. The van der Waals surface area contributed by atoms with Crippen molar-refractivity contribution < 1.29 is 9.21 Å². The number of rotatable bonds is 3. The molecule has 1 spiro atoms. The summed E-state index contributed by atoms with van der Waals surface area (Å²) in [5, 5.41) is 6.42. The first-order valence-electron chi connectivity index (χ1n) is 7.77. The predicted molar refractivity (Wildman–Crippen MR) is 90.5 cm³/mol. The monoisotopic (exact) mass is 333 g/mol. The quantitative estimate of drug-likeness (QED) is 0.905. The summed E-state index contributed by atoms with van der Waals surface area (Å²) in [4.78, 5) is 16.4. The Labute approximate surface area is 141 Å². The van der Waals surface area contributed by atoms with Crippen LogP contribution in [-0.4, -0.2) is 24.0 Å². The van der Waals surface area contributed by atoms with Gasteiger partial charge in [0.25, 0.3) is 0 Å². The minimum absolute atomic E-state index is 0. The minimum atomic E-state index is 0. The standard InChI is InChI=1S/C17H19N3O2.ClH/c21-16(14-9-17(14)4-6-18-7-5-17)20-13-3-1-2-12(8-13)15-10-19-11-22-15;/h1-3,8,10-11,14,18H,4-7,9H2,(H,20,21);1H. The zero-order valence-electron chi connectivity index (χ0n) is 12.7. The number of hydrogen-bond donors (Lipinski definition) is 2. The first-order chi connectivity index (χ1) is 10.8. The summed E-state index contributed by atoms with van der Waals surface area (Å²) in [6.45, 7) is 2.06. The van der Waals surface area contributed by atoms with Crippen LogP contribution in [0.1, 0.15) is 19.3 Å². The molecule has 1 amide bonds. The number of benzene rings is 1. The van der Waals surface area contributed by atoms with Crippen LogP contribution < -0.4 is 10.6 Å². The van der Waals surface area contributed by atoms with Gasteiger partial charge in [0.05, 0.1) is 6.20 Å². The molecule has 1 aromatic carbocycles. The highest BCUT2D eigenvalue weighted by Crippen LogP contribution is 2.58. The molecule has 122 valence electrons. The normalized spacial score (nSPS) is 21.5. The second kappa shape index (κ2) is 6.34. The average molecular weight is 334 g/mol. The van der Waals surface area contributed by atoms with Crippen LogP contribution in [0, 0.1) is 11.3 Å². The third-order valence-electron chi connectivity index (χ3n) is 4.95. The van der Waals surface area contributed by atoms with Crippen molar-refractivity contribution in [3.63, 3.8) is 0 Å². The van der Waals surface area contributed by atoms with Gasteiger partial charge in [0.2, 0.25) is 5.91 Å². The van der Waals surface area contributed by atoms with Crippen molar-refractivity contribution in [1.29, 1.82) is 0 Å². The Morgan fingerprint density at radius 3 is 2.91 bits per heavy atom. The molecule has 5 nitrogen and oxygen atoms in total. The number of carbonyl (C=O) groups is 1. The summed E-state index contributed by atoms with van der Waals surface area (Å²) in [6, 6.07) is 7.70. The SMILES string of the molecule is Cl.O=C(Nc1cccc(-c2cnco2)c1)C1CC12CCNCC2. The van der Waals surface area contributed by atoms with Gasteiger partial charge in [-0.05, 0) is 49.9 Å². The van der Waals surface area contributed by atoms with Gasteiger partial charge in [-0.3, -0.25) is 4.79 Å². The van der Waals surface area contributed by atoms with Crippen LogP contribution in [-0.2, 0) is 4.79 Å². The maximum Gasteiger partial charge on any atom is 0.228 e. The van der Waals surface area contributed by atoms with Gasteiger partial charge < -0.3 is 15.1 Å². The predicted octanol–water partition coefficient (Wildman–Crippen LogP) is 3.09. The number of halogens is 1. The fraction of sp³-hybridized carbons (Fsp3) is 0.412. The Hall–Kier alpha value is -1.85. The van der Waals surface area contributed by atoms with E-state index >= 15 is 0 Å². The largest absolute Gasteiger partial charge is 0.444 e. The molecule has 4 rings (SSSR count). The van der Waals surface area contributed by atoms with Gasteiger partial charge in [0.15, 0.2) is 12.2 Å². The first-order valence-corrected chi connectivity index (χ1v) is 7.77. The number of piperidine rings is 1. The van der Waals surface area contributed by atoms with Crippen molar-refractivity contribution in [3.8, 4) is 11.3 Å². The molecule has 1 saturated heterocycles. The molecule has 2 heterocycles. The Morgan fingerprint density at radius 2 is 2.17 bits per heavy atom. The number of amides is 1. The smallest absolute Gasteiger partial charge is 0.228 e. The molecule has 0 radical (unpaired) electrons. The zero-order valence-corrected chi connectivity index (χ0v) is 13.6. The molecule has 0 bridgehead atoms. The minimum Gasteiger partial charge on any atom is -0.444 e. The van der Waals surface area contributed by atoms with Crippen LogP contribution in [0.4, 0.5) is 5.69 Å². The van der Waals surface area contributed by atoms with Crippen molar-refractivity contribution in [3.05, 3.63) is 36.9 Å². The Bertz CT molecular complexity index is 681. The molecule has 1 aliphatic carbocycles. The number of carbonyl (C=O) groups excluding carboxylic acids is 1. The van der Waals surface area contributed by atoms with E-state index in [0.29, 0.717) is 5.76 Å². The van der Waals surface area contributed by atoms with E-state index in [-0.39, 0.29) is 29.6 Å². The van der Waals surface area contributed by atoms with Crippen LogP contribution in [0.25, 0.3) is 11.3 Å². The van der Waals surface area contributed by atoms with E-state index < -0.39 is 0 Å². The molecular formula is C17H20ClN3O2. The average Bonchev–Trinajstić information content (AvgIpc) is 3.00. The second-order valence-corrected chi connectivity index (χ2v) is 6.30. The summed E-state index contributed by atoms with van der Waals surface area (Å²) in [5.74, 6) is 1.03. The van der Waals surface area contributed by atoms with E-state index in [4.69, 9.17) is 4.42 Å². The van der Waals surface area contributed by atoms with Gasteiger partial charge in [-0.2, -0.15) is 0 Å². The van der Waals surface area contributed by atoms with E-state index in [1.165, 1.54) is 6.39 Å². The second-order valence-electron chi connectivity index (χ2n) is 6.30. The van der Waals surface area contributed by atoms with Crippen LogP contribution >= 0.6 is 12.4 Å². The zero-order chi connectivity index (χ0) is 15.0. The number of nitrogens with zero attached hydrogens (tertiary/aromatic N) is 1. The third kappa shape index (κ3) is 3.12. The highest BCUT2D eigenvalue weighted by molar-refractivity contribution is 5.95. The number of anilines is 1. The van der Waals surface area contributed by atoms with Crippen LogP contribution in [0.2, 0.25) is 0 Å². The van der Waals surface area contributed by atoms with Gasteiger partial charge in [-0.1, -0.05) is 12.1 Å². The van der Waals surface area contributed by atoms with Crippen molar-refractivity contribution in [2.24, 2.45) is 11.3 Å². The first kappa shape index (κ1) is 16.0. The lowest BCUT2D eigenvalue weighted by Gasteiger charge is -2.23. The molecule has 6 heteroatoms. The fourth-order valence-electron chi connectivity index (χ4n) is 3.53. The van der Waals surface area contributed by atoms with E-state index in [2.05, 4.69) is 15.6 Å². The topological polar surface area (TPSA) is 67.2 Å². The van der Waals surface area contributed by atoms with Crippen molar-refractivity contribution in [1.82, 2.24) is 10.3 Å². The summed E-state index contributed by atoms with van der Waals surface area (Å²) in [6.07, 6.45) is 6.34. The molecule has 2 aromatic rings.